The van der Waals surface area contributed by atoms with Crippen molar-refractivity contribution in [3.8, 4) is 11.5 Å². The predicted octanol–water partition coefficient (Wildman–Crippen LogP) is 1.85. The van der Waals surface area contributed by atoms with E-state index in [0.29, 0.717) is 24.5 Å². The molecule has 0 unspecified atom stereocenters. The molecule has 1 atom stereocenters. The first-order valence-corrected chi connectivity index (χ1v) is 11.4. The molecule has 2 aromatic rings. The zero-order chi connectivity index (χ0) is 23.3. The molecule has 3 rings (SSSR count). The van der Waals surface area contributed by atoms with Crippen molar-refractivity contribution >= 4 is 21.8 Å². The van der Waals surface area contributed by atoms with Crippen molar-refractivity contribution in [2.24, 2.45) is 0 Å². The van der Waals surface area contributed by atoms with Gasteiger partial charge in [0.05, 0.1) is 13.7 Å². The minimum atomic E-state index is -4.22. The highest BCUT2D eigenvalue weighted by Gasteiger charge is 2.40. The molecule has 1 heterocycles. The monoisotopic (exact) mass is 465 g/mol. The number of sulfonamides is 1. The second-order valence-electron chi connectivity index (χ2n) is 6.95. The lowest BCUT2D eigenvalue weighted by atomic mass is 10.2. The number of hydrazine groups is 1. The molecular weight excluding hydrogens is 441 g/mol. The van der Waals surface area contributed by atoms with Gasteiger partial charge in [-0.1, -0.05) is 12.1 Å². The second-order valence-corrected chi connectivity index (χ2v) is 8.81. The van der Waals surface area contributed by atoms with Crippen LogP contribution in [0.25, 0.3) is 0 Å². The molecule has 0 aromatic heterocycles. The zero-order valence-corrected chi connectivity index (χ0v) is 18.4. The maximum Gasteiger partial charge on any atom is 0.269 e. The standard InChI is InChI=1S/C21H24FN3O6S/c1-3-31-17-11-10-14(13-18(17)30-2)20(26)23-24-21(27)16-8-6-12-25(16)32(28,29)19-9-5-4-7-15(19)22/h4-5,7,9-11,13,16H,3,6,8,12H2,1-2H3,(H,23,26)(H,24,27)/t16-/m0/s1. The lowest BCUT2D eigenvalue weighted by molar-refractivity contribution is -0.125. The summed E-state index contributed by atoms with van der Waals surface area (Å²) in [5.41, 5.74) is 4.73. The van der Waals surface area contributed by atoms with Crippen LogP contribution >= 0.6 is 0 Å². The summed E-state index contributed by atoms with van der Waals surface area (Å²) < 4.78 is 51.4. The summed E-state index contributed by atoms with van der Waals surface area (Å²) in [5, 5.41) is 0. The summed E-state index contributed by atoms with van der Waals surface area (Å²) in [6.45, 7) is 2.30. The number of rotatable bonds is 7. The fraction of sp³-hybridized carbons (Fsp3) is 0.333. The van der Waals surface area contributed by atoms with E-state index in [1.165, 1.54) is 31.4 Å². The number of amides is 2. The summed E-state index contributed by atoms with van der Waals surface area (Å²) in [7, 11) is -2.78. The molecule has 11 heteroatoms. The molecule has 1 fully saturated rings. The fourth-order valence-electron chi connectivity index (χ4n) is 3.43. The van der Waals surface area contributed by atoms with Crippen LogP contribution in [0.4, 0.5) is 4.39 Å². The number of halogens is 1. The van der Waals surface area contributed by atoms with E-state index in [2.05, 4.69) is 10.9 Å². The zero-order valence-electron chi connectivity index (χ0n) is 17.6. The molecular formula is C21H24FN3O6S. The average molecular weight is 466 g/mol. The van der Waals surface area contributed by atoms with Crippen molar-refractivity contribution in [1.29, 1.82) is 0 Å². The van der Waals surface area contributed by atoms with E-state index in [1.54, 1.807) is 6.07 Å². The molecule has 0 aliphatic carbocycles. The Kier molecular flexibility index (Phi) is 7.31. The van der Waals surface area contributed by atoms with Gasteiger partial charge in [-0.2, -0.15) is 4.31 Å². The van der Waals surface area contributed by atoms with Crippen LogP contribution < -0.4 is 20.3 Å². The quantitative estimate of drug-likeness (QED) is 0.604. The third-order valence-corrected chi connectivity index (χ3v) is 6.90. The smallest absolute Gasteiger partial charge is 0.269 e. The van der Waals surface area contributed by atoms with E-state index < -0.39 is 38.6 Å². The van der Waals surface area contributed by atoms with E-state index >= 15 is 0 Å². The summed E-state index contributed by atoms with van der Waals surface area (Å²) in [4.78, 5) is 24.6. The van der Waals surface area contributed by atoms with Crippen LogP contribution in [-0.4, -0.2) is 50.8 Å². The summed E-state index contributed by atoms with van der Waals surface area (Å²) in [6.07, 6.45) is 0.669. The summed E-state index contributed by atoms with van der Waals surface area (Å²) in [6, 6.07) is 8.44. The first-order chi connectivity index (χ1) is 15.3. The fourth-order valence-corrected chi connectivity index (χ4v) is 5.15. The molecule has 1 aliphatic heterocycles. The van der Waals surface area contributed by atoms with Crippen LogP contribution in [-0.2, 0) is 14.8 Å². The van der Waals surface area contributed by atoms with Crippen LogP contribution in [0.15, 0.2) is 47.4 Å². The third-order valence-electron chi connectivity index (χ3n) is 4.95. The molecule has 0 bridgehead atoms. The number of hydrogen-bond donors (Lipinski definition) is 2. The van der Waals surface area contributed by atoms with E-state index in [1.807, 2.05) is 6.92 Å². The van der Waals surface area contributed by atoms with Crippen molar-refractivity contribution in [2.45, 2.75) is 30.7 Å². The van der Waals surface area contributed by atoms with E-state index in [0.717, 1.165) is 16.4 Å². The Morgan fingerprint density at radius 3 is 2.59 bits per heavy atom. The van der Waals surface area contributed by atoms with Crippen LogP contribution in [0, 0.1) is 5.82 Å². The number of hydrogen-bond acceptors (Lipinski definition) is 6. The maximum atomic E-state index is 14.1. The molecule has 0 saturated carbocycles. The van der Waals surface area contributed by atoms with Gasteiger partial charge in [0.15, 0.2) is 11.5 Å². The van der Waals surface area contributed by atoms with E-state index in [9.17, 15) is 22.4 Å². The number of benzene rings is 2. The van der Waals surface area contributed by atoms with Gasteiger partial charge >= 0.3 is 0 Å². The second kappa shape index (κ2) is 9.96. The Hall–Kier alpha value is -3.18. The van der Waals surface area contributed by atoms with Crippen molar-refractivity contribution in [1.82, 2.24) is 15.2 Å². The van der Waals surface area contributed by atoms with Crippen LogP contribution in [0.3, 0.4) is 0 Å². The molecule has 32 heavy (non-hydrogen) atoms. The lowest BCUT2D eigenvalue weighted by Crippen LogP contribution is -2.51. The number of methoxy groups -OCH3 is 1. The molecule has 9 nitrogen and oxygen atoms in total. The molecule has 2 N–H and O–H groups in total. The first-order valence-electron chi connectivity index (χ1n) is 9.97. The number of carbonyl (C=O) groups excluding carboxylic acids is 2. The molecule has 1 saturated heterocycles. The van der Waals surface area contributed by atoms with Gasteiger partial charge in [0.2, 0.25) is 10.0 Å². The number of nitrogens with one attached hydrogen (secondary N) is 2. The van der Waals surface area contributed by atoms with Crippen molar-refractivity contribution in [3.63, 3.8) is 0 Å². The van der Waals surface area contributed by atoms with Gasteiger partial charge in [-0.15, -0.1) is 0 Å². The molecule has 0 spiro atoms. The lowest BCUT2D eigenvalue weighted by Gasteiger charge is -2.23. The Bertz CT molecular complexity index is 1110. The van der Waals surface area contributed by atoms with Crippen molar-refractivity contribution in [3.05, 3.63) is 53.8 Å². The van der Waals surface area contributed by atoms with Gasteiger partial charge in [-0.05, 0) is 50.1 Å². The number of nitrogens with zero attached hydrogens (tertiary/aromatic N) is 1. The Balaban J connectivity index is 1.69. The van der Waals surface area contributed by atoms with Gasteiger partial charge in [0, 0.05) is 12.1 Å². The van der Waals surface area contributed by atoms with Gasteiger partial charge in [-0.25, -0.2) is 12.8 Å². The largest absolute Gasteiger partial charge is 0.493 e. The van der Waals surface area contributed by atoms with Crippen LogP contribution in [0.1, 0.15) is 30.1 Å². The highest BCUT2D eigenvalue weighted by atomic mass is 32.2. The normalized spacial score (nSPS) is 16.4. The average Bonchev–Trinajstić information content (AvgIpc) is 3.29. The highest BCUT2D eigenvalue weighted by Crippen LogP contribution is 2.29. The van der Waals surface area contributed by atoms with E-state index in [4.69, 9.17) is 9.47 Å². The maximum absolute atomic E-state index is 14.1. The topological polar surface area (TPSA) is 114 Å². The van der Waals surface area contributed by atoms with Gasteiger partial charge in [0.25, 0.3) is 11.8 Å². The summed E-state index contributed by atoms with van der Waals surface area (Å²) in [5.74, 6) is -1.41. The number of carbonyl (C=O) groups is 2. The molecule has 2 aromatic carbocycles. The molecule has 172 valence electrons. The minimum absolute atomic E-state index is 0.0682. The SMILES string of the molecule is CCOc1ccc(C(=O)NNC(=O)[C@@H]2CCCN2S(=O)(=O)c2ccccc2F)cc1OC. The first kappa shape index (κ1) is 23.5. The van der Waals surface area contributed by atoms with Crippen LogP contribution in [0.5, 0.6) is 11.5 Å². The van der Waals surface area contributed by atoms with E-state index in [-0.39, 0.29) is 18.5 Å². The van der Waals surface area contributed by atoms with Gasteiger partial charge in [0.1, 0.15) is 16.8 Å². The minimum Gasteiger partial charge on any atom is -0.493 e. The predicted molar refractivity (Wildman–Crippen MR) is 113 cm³/mol. The molecule has 1 aliphatic rings. The summed E-state index contributed by atoms with van der Waals surface area (Å²) >= 11 is 0. The number of ether oxygens (including phenoxy) is 2. The van der Waals surface area contributed by atoms with Gasteiger partial charge < -0.3 is 9.47 Å². The highest BCUT2D eigenvalue weighted by molar-refractivity contribution is 7.89. The van der Waals surface area contributed by atoms with Gasteiger partial charge in [-0.3, -0.25) is 20.4 Å². The molecule has 0 radical (unpaired) electrons. The van der Waals surface area contributed by atoms with Crippen LogP contribution in [0.2, 0.25) is 0 Å². The van der Waals surface area contributed by atoms with Crippen molar-refractivity contribution < 1.29 is 31.9 Å². The molecule has 2 amide bonds. The Morgan fingerprint density at radius 2 is 1.91 bits per heavy atom. The Labute approximate surface area is 185 Å². The Morgan fingerprint density at radius 1 is 1.16 bits per heavy atom. The van der Waals surface area contributed by atoms with Crippen molar-refractivity contribution in [2.75, 3.05) is 20.3 Å². The third kappa shape index (κ3) is 4.83.